The van der Waals surface area contributed by atoms with Gasteiger partial charge in [0, 0.05) is 0 Å². The fraction of sp³-hybridized carbons (Fsp3) is 0.333. The fourth-order valence-corrected chi connectivity index (χ4v) is 0.898. The minimum atomic E-state index is -0.157. The van der Waals surface area contributed by atoms with Crippen molar-refractivity contribution >= 4 is 22.6 Å². The molecule has 0 aliphatic heterocycles. The first kappa shape index (κ1) is 8.51. The van der Waals surface area contributed by atoms with Crippen LogP contribution in [0, 0.1) is 10.5 Å². The Morgan fingerprint density at radius 2 is 2.27 bits per heavy atom. The van der Waals surface area contributed by atoms with Crippen molar-refractivity contribution in [3.63, 3.8) is 0 Å². The molecule has 0 atom stereocenters. The molecule has 0 radical (unpaired) electrons. The molecule has 1 N–H and O–H groups in total. The van der Waals surface area contributed by atoms with Gasteiger partial charge in [-0.2, -0.15) is 0 Å². The maximum absolute atomic E-state index is 11.0. The Bertz CT molecular complexity index is 321. The van der Waals surface area contributed by atoms with Crippen LogP contribution in [0.2, 0.25) is 0 Å². The van der Waals surface area contributed by atoms with Crippen LogP contribution < -0.4 is 10.3 Å². The number of nitrogens with one attached hydrogen (secondary N) is 1. The minimum absolute atomic E-state index is 0.157. The molecule has 60 valence electrons. The van der Waals surface area contributed by atoms with E-state index in [1.165, 1.54) is 7.11 Å². The van der Waals surface area contributed by atoms with E-state index < -0.39 is 0 Å². The molecule has 1 heterocycles. The lowest BCUT2D eigenvalue weighted by molar-refractivity contribution is 0.377. The molecule has 0 amide bonds. The van der Waals surface area contributed by atoms with E-state index in [-0.39, 0.29) is 11.6 Å². The van der Waals surface area contributed by atoms with E-state index >= 15 is 0 Å². The van der Waals surface area contributed by atoms with Gasteiger partial charge in [-0.1, -0.05) is 0 Å². The Labute approximate surface area is 77.1 Å². The van der Waals surface area contributed by atoms with Gasteiger partial charge in [0.05, 0.1) is 16.4 Å². The largest absolute Gasteiger partial charge is 0.468 e. The van der Waals surface area contributed by atoms with E-state index in [2.05, 4.69) is 9.97 Å². The van der Waals surface area contributed by atoms with Crippen LogP contribution >= 0.6 is 22.6 Å². The van der Waals surface area contributed by atoms with E-state index in [1.54, 1.807) is 6.92 Å². The molecule has 1 rings (SSSR count). The molecule has 5 heteroatoms. The van der Waals surface area contributed by atoms with Crippen LogP contribution in [-0.4, -0.2) is 17.1 Å². The highest BCUT2D eigenvalue weighted by Gasteiger charge is 2.03. The Balaban J connectivity index is 3.32. The standard InChI is InChI=1S/C6H7IN2O2/c1-3-4(7)5(10)9-6(8-3)11-2/h1-2H3,(H,8,9,10). The number of halogens is 1. The number of aromatic amines is 1. The third kappa shape index (κ3) is 1.70. The average molecular weight is 266 g/mol. The molecular formula is C6H7IN2O2. The Morgan fingerprint density at radius 1 is 1.64 bits per heavy atom. The summed E-state index contributed by atoms with van der Waals surface area (Å²) in [6.45, 7) is 1.76. The monoisotopic (exact) mass is 266 g/mol. The third-order valence-electron chi connectivity index (χ3n) is 1.20. The number of nitrogens with zero attached hydrogens (tertiary/aromatic N) is 1. The number of hydrogen-bond acceptors (Lipinski definition) is 3. The van der Waals surface area contributed by atoms with Crippen molar-refractivity contribution in [1.29, 1.82) is 0 Å². The Kier molecular flexibility index (Phi) is 2.48. The van der Waals surface area contributed by atoms with Crippen LogP contribution in [0.25, 0.3) is 0 Å². The number of rotatable bonds is 1. The van der Waals surface area contributed by atoms with Crippen molar-refractivity contribution in [3.8, 4) is 6.01 Å². The van der Waals surface area contributed by atoms with Gasteiger partial charge in [0.15, 0.2) is 0 Å². The quantitative estimate of drug-likeness (QED) is 0.761. The van der Waals surface area contributed by atoms with Gasteiger partial charge in [0.1, 0.15) is 0 Å². The molecule has 0 fully saturated rings. The molecule has 0 spiro atoms. The zero-order valence-electron chi connectivity index (χ0n) is 6.14. The lowest BCUT2D eigenvalue weighted by Gasteiger charge is -1.99. The summed E-state index contributed by atoms with van der Waals surface area (Å²) in [6, 6.07) is 0.257. The molecule has 0 aliphatic rings. The summed E-state index contributed by atoms with van der Waals surface area (Å²) >= 11 is 1.94. The van der Waals surface area contributed by atoms with Crippen LogP contribution in [0.3, 0.4) is 0 Å². The van der Waals surface area contributed by atoms with Gasteiger partial charge in [-0.05, 0) is 29.5 Å². The molecule has 0 unspecified atom stereocenters. The molecule has 0 bridgehead atoms. The van der Waals surface area contributed by atoms with Crippen LogP contribution in [0.15, 0.2) is 4.79 Å². The Hall–Kier alpha value is -0.590. The van der Waals surface area contributed by atoms with Crippen LogP contribution in [-0.2, 0) is 0 Å². The maximum Gasteiger partial charge on any atom is 0.296 e. The fourth-order valence-electron chi connectivity index (χ4n) is 0.642. The average Bonchev–Trinajstić information content (AvgIpc) is 1.99. The lowest BCUT2D eigenvalue weighted by atomic mass is 10.5. The van der Waals surface area contributed by atoms with Crippen molar-refractivity contribution in [2.45, 2.75) is 6.92 Å². The number of ether oxygens (including phenoxy) is 1. The van der Waals surface area contributed by atoms with E-state index in [0.29, 0.717) is 9.26 Å². The first-order chi connectivity index (χ1) is 5.15. The van der Waals surface area contributed by atoms with Crippen LogP contribution in [0.1, 0.15) is 5.69 Å². The van der Waals surface area contributed by atoms with Crippen molar-refractivity contribution in [2.75, 3.05) is 7.11 Å². The van der Waals surface area contributed by atoms with Crippen molar-refractivity contribution in [1.82, 2.24) is 9.97 Å². The SMILES string of the molecule is COc1nc(C)c(I)c(=O)[nH]1. The number of aryl methyl sites for hydroxylation is 1. The van der Waals surface area contributed by atoms with Gasteiger partial charge in [-0.15, -0.1) is 0 Å². The molecule has 0 saturated carbocycles. The molecule has 1 aromatic heterocycles. The second kappa shape index (κ2) is 3.21. The highest BCUT2D eigenvalue weighted by molar-refractivity contribution is 14.1. The summed E-state index contributed by atoms with van der Waals surface area (Å²) in [5.74, 6) is 0. The summed E-state index contributed by atoms with van der Waals surface area (Å²) in [5.41, 5.74) is 0.529. The molecule has 0 aromatic carbocycles. The smallest absolute Gasteiger partial charge is 0.296 e. The Morgan fingerprint density at radius 3 is 2.73 bits per heavy atom. The highest BCUT2D eigenvalue weighted by atomic mass is 127. The van der Waals surface area contributed by atoms with Crippen LogP contribution in [0.4, 0.5) is 0 Å². The summed E-state index contributed by atoms with van der Waals surface area (Å²) in [5, 5.41) is 0. The predicted molar refractivity (Wildman–Crippen MR) is 48.9 cm³/mol. The zero-order chi connectivity index (χ0) is 8.43. The summed E-state index contributed by atoms with van der Waals surface area (Å²) in [4.78, 5) is 17.5. The summed E-state index contributed by atoms with van der Waals surface area (Å²) < 4.78 is 5.36. The van der Waals surface area contributed by atoms with E-state index in [4.69, 9.17) is 4.74 Å². The first-order valence-electron chi connectivity index (χ1n) is 2.95. The second-order valence-electron chi connectivity index (χ2n) is 1.97. The first-order valence-corrected chi connectivity index (χ1v) is 4.03. The van der Waals surface area contributed by atoms with Gasteiger partial charge >= 0.3 is 0 Å². The van der Waals surface area contributed by atoms with Gasteiger partial charge in [0.25, 0.3) is 11.6 Å². The highest BCUT2D eigenvalue weighted by Crippen LogP contribution is 2.05. The molecule has 0 saturated heterocycles. The van der Waals surface area contributed by atoms with Crippen LogP contribution in [0.5, 0.6) is 6.01 Å². The van der Waals surface area contributed by atoms with Gasteiger partial charge in [-0.3, -0.25) is 9.78 Å². The molecular weight excluding hydrogens is 259 g/mol. The van der Waals surface area contributed by atoms with Gasteiger partial charge < -0.3 is 4.74 Å². The number of aromatic nitrogens is 2. The van der Waals surface area contributed by atoms with E-state index in [9.17, 15) is 4.79 Å². The summed E-state index contributed by atoms with van der Waals surface area (Å²) in [7, 11) is 1.46. The third-order valence-corrected chi connectivity index (χ3v) is 2.47. The molecule has 11 heavy (non-hydrogen) atoms. The number of H-pyrrole nitrogens is 1. The van der Waals surface area contributed by atoms with Gasteiger partial charge in [-0.25, -0.2) is 4.98 Å². The lowest BCUT2D eigenvalue weighted by Crippen LogP contribution is -2.14. The molecule has 4 nitrogen and oxygen atoms in total. The molecule has 1 aromatic rings. The maximum atomic E-state index is 11.0. The second-order valence-corrected chi connectivity index (χ2v) is 3.05. The number of methoxy groups -OCH3 is 1. The zero-order valence-corrected chi connectivity index (χ0v) is 8.30. The minimum Gasteiger partial charge on any atom is -0.468 e. The topological polar surface area (TPSA) is 55.0 Å². The van der Waals surface area contributed by atoms with Gasteiger partial charge in [0.2, 0.25) is 0 Å². The number of hydrogen-bond donors (Lipinski definition) is 1. The summed E-state index contributed by atoms with van der Waals surface area (Å²) in [6.07, 6.45) is 0. The molecule has 0 aliphatic carbocycles. The van der Waals surface area contributed by atoms with E-state index in [0.717, 1.165) is 0 Å². The van der Waals surface area contributed by atoms with Crippen molar-refractivity contribution in [2.24, 2.45) is 0 Å². The van der Waals surface area contributed by atoms with Crippen molar-refractivity contribution in [3.05, 3.63) is 19.6 Å². The van der Waals surface area contributed by atoms with Crippen molar-refractivity contribution < 1.29 is 4.74 Å². The normalized spacial score (nSPS) is 9.73. The van der Waals surface area contributed by atoms with E-state index in [1.807, 2.05) is 22.6 Å². The predicted octanol–water partition coefficient (Wildman–Crippen LogP) is 0.692.